The van der Waals surface area contributed by atoms with Crippen molar-refractivity contribution in [3.8, 4) is 23.0 Å². The van der Waals surface area contributed by atoms with Gasteiger partial charge >= 0.3 is 30.1 Å². The van der Waals surface area contributed by atoms with Gasteiger partial charge in [-0.2, -0.15) is 13.2 Å². The Hall–Kier alpha value is -6.25. The minimum Gasteiger partial charge on any atom is -0.454 e. The van der Waals surface area contributed by atoms with E-state index in [-0.39, 0.29) is 22.6 Å². The van der Waals surface area contributed by atoms with Gasteiger partial charge < -0.3 is 28.4 Å². The molecule has 0 unspecified atom stereocenters. The Bertz CT molecular complexity index is 1760. The summed E-state index contributed by atoms with van der Waals surface area (Å²) in [4.78, 5) is 46.5. The van der Waals surface area contributed by atoms with Crippen molar-refractivity contribution >= 4 is 36.0 Å². The number of alkyl halides is 3. The van der Waals surface area contributed by atoms with Gasteiger partial charge in [0.25, 0.3) is 0 Å². The molecule has 10 nitrogen and oxygen atoms in total. The molecule has 0 aliphatic heterocycles. The fourth-order valence-corrected chi connectivity index (χ4v) is 3.40. The highest BCUT2D eigenvalue weighted by molar-refractivity contribution is 5.90. The largest absolute Gasteiger partial charge is 0.454 e. The fourth-order valence-electron chi connectivity index (χ4n) is 3.40. The molecule has 250 valence electrons. The molecule has 0 atom stereocenters. The molecule has 3 aromatic carbocycles. The Morgan fingerprint density at radius 3 is 1.52 bits per heavy atom. The van der Waals surface area contributed by atoms with Crippen LogP contribution < -0.4 is 18.9 Å². The van der Waals surface area contributed by atoms with Gasteiger partial charge in [0.2, 0.25) is 13.6 Å². The van der Waals surface area contributed by atoms with E-state index in [4.69, 9.17) is 18.9 Å². The van der Waals surface area contributed by atoms with Gasteiger partial charge in [0.1, 0.15) is 17.1 Å². The molecule has 0 saturated heterocycles. The zero-order chi connectivity index (χ0) is 35.3. The summed E-state index contributed by atoms with van der Waals surface area (Å²) in [6.45, 7) is 5.21. The zero-order valence-corrected chi connectivity index (χ0v) is 24.5. The highest BCUT2D eigenvalue weighted by atomic mass is 19.4. The van der Waals surface area contributed by atoms with Crippen LogP contribution in [-0.4, -0.2) is 37.5 Å². The summed E-state index contributed by atoms with van der Waals surface area (Å²) in [5, 5.41) is 0. The molecule has 0 amide bonds. The van der Waals surface area contributed by atoms with Gasteiger partial charge in [-0.1, -0.05) is 25.3 Å². The van der Waals surface area contributed by atoms with Gasteiger partial charge in [-0.3, -0.25) is 0 Å². The van der Waals surface area contributed by atoms with Gasteiger partial charge in [-0.15, -0.1) is 0 Å². The van der Waals surface area contributed by atoms with Gasteiger partial charge in [-0.25, -0.2) is 28.0 Å². The Morgan fingerprint density at radius 1 is 0.625 bits per heavy atom. The lowest BCUT2D eigenvalue weighted by Crippen LogP contribution is -2.13. The standard InChI is InChI=1S/C33H23F5O10/c1-3-29(39)45-18-43-27-10-5-20(15-24(27)34)7-13-31(41)47-22-9-12-26(23(17-22)33(36,37)38)48-32(42)14-8-21-6-11-28(25(35)16-21)44-19-46-30(40)4-2/h3-17H,1-2,18-19H2/b13-7-,14-8-. The van der Waals surface area contributed by atoms with Crippen LogP contribution >= 0.6 is 0 Å². The van der Waals surface area contributed by atoms with Crippen LogP contribution in [0.3, 0.4) is 0 Å². The second-order valence-corrected chi connectivity index (χ2v) is 8.90. The lowest BCUT2D eigenvalue weighted by molar-refractivity contribution is -0.145. The summed E-state index contributed by atoms with van der Waals surface area (Å²) >= 11 is 0. The van der Waals surface area contributed by atoms with E-state index in [1.807, 2.05) is 0 Å². The van der Waals surface area contributed by atoms with Crippen LogP contribution in [0.2, 0.25) is 0 Å². The number of benzene rings is 3. The quantitative estimate of drug-likeness (QED) is 0.0628. The first kappa shape index (κ1) is 36.2. The molecule has 0 aromatic heterocycles. The first-order valence-electron chi connectivity index (χ1n) is 13.2. The van der Waals surface area contributed by atoms with Crippen LogP contribution in [0, 0.1) is 11.6 Å². The average molecular weight is 675 g/mol. The van der Waals surface area contributed by atoms with Crippen LogP contribution in [0.4, 0.5) is 22.0 Å². The Morgan fingerprint density at radius 2 is 1.08 bits per heavy atom. The summed E-state index contributed by atoms with van der Waals surface area (Å²) in [5.41, 5.74) is -1.17. The van der Waals surface area contributed by atoms with Crippen molar-refractivity contribution in [1.82, 2.24) is 0 Å². The fraction of sp³-hybridized carbons (Fsp3) is 0.0909. The number of hydrogen-bond donors (Lipinski definition) is 0. The molecule has 0 aliphatic rings. The molecule has 48 heavy (non-hydrogen) atoms. The Kier molecular flexibility index (Phi) is 12.7. The molecule has 3 rings (SSSR count). The molecular formula is C33H23F5O10. The van der Waals surface area contributed by atoms with Crippen molar-refractivity contribution in [2.24, 2.45) is 0 Å². The minimum absolute atomic E-state index is 0.116. The second kappa shape index (κ2) is 16.9. The number of carbonyl (C=O) groups is 4. The smallest absolute Gasteiger partial charge is 0.420 e. The SMILES string of the molecule is C=CC(=O)OCOc1ccc(/C=C\C(=O)Oc2ccc(OC(=O)/C=C\c3ccc(OCOC(=O)C=C)c(F)c3)c(C(F)(F)F)c2)cc1F. The van der Waals surface area contributed by atoms with E-state index in [9.17, 15) is 41.1 Å². The lowest BCUT2D eigenvalue weighted by Gasteiger charge is -2.13. The predicted octanol–water partition coefficient (Wildman–Crippen LogP) is 6.35. The van der Waals surface area contributed by atoms with E-state index >= 15 is 0 Å². The lowest BCUT2D eigenvalue weighted by atomic mass is 10.1. The first-order valence-corrected chi connectivity index (χ1v) is 13.2. The predicted molar refractivity (Wildman–Crippen MR) is 157 cm³/mol. The van der Waals surface area contributed by atoms with Crippen molar-refractivity contribution in [2.75, 3.05) is 13.6 Å². The summed E-state index contributed by atoms with van der Waals surface area (Å²) < 4.78 is 98.5. The Balaban J connectivity index is 1.62. The molecule has 0 saturated carbocycles. The first-order chi connectivity index (χ1) is 22.8. The number of ether oxygens (including phenoxy) is 6. The van der Waals surface area contributed by atoms with Gasteiger partial charge in [0, 0.05) is 24.3 Å². The van der Waals surface area contributed by atoms with E-state index in [1.54, 1.807) is 0 Å². The maximum absolute atomic E-state index is 14.2. The maximum Gasteiger partial charge on any atom is 0.420 e. The number of esters is 4. The van der Waals surface area contributed by atoms with Crippen LogP contribution in [0.15, 0.2) is 92.1 Å². The minimum atomic E-state index is -5.04. The maximum atomic E-state index is 14.2. The van der Waals surface area contributed by atoms with Gasteiger partial charge in [0.05, 0.1) is 0 Å². The van der Waals surface area contributed by atoms with Crippen LogP contribution in [0.1, 0.15) is 16.7 Å². The van der Waals surface area contributed by atoms with Crippen LogP contribution in [0.25, 0.3) is 12.2 Å². The molecule has 0 spiro atoms. The van der Waals surface area contributed by atoms with Crippen molar-refractivity contribution in [3.05, 3.63) is 120 Å². The van der Waals surface area contributed by atoms with Gasteiger partial charge in [0.15, 0.2) is 23.1 Å². The van der Waals surface area contributed by atoms with E-state index in [0.717, 1.165) is 66.8 Å². The number of halogens is 5. The zero-order valence-electron chi connectivity index (χ0n) is 24.5. The van der Waals surface area contributed by atoms with E-state index in [0.29, 0.717) is 6.07 Å². The molecule has 0 bridgehead atoms. The molecular weight excluding hydrogens is 651 g/mol. The topological polar surface area (TPSA) is 124 Å². The third-order valence-corrected chi connectivity index (χ3v) is 5.59. The highest BCUT2D eigenvalue weighted by Gasteiger charge is 2.35. The van der Waals surface area contributed by atoms with E-state index < -0.39 is 72.3 Å². The molecule has 15 heteroatoms. The van der Waals surface area contributed by atoms with E-state index in [2.05, 4.69) is 22.6 Å². The summed E-state index contributed by atoms with van der Waals surface area (Å²) in [6.07, 6.45) is 0.493. The van der Waals surface area contributed by atoms with E-state index in [1.165, 1.54) is 18.2 Å². The van der Waals surface area contributed by atoms with Crippen molar-refractivity contribution < 1.29 is 69.6 Å². The van der Waals surface area contributed by atoms with Crippen LogP contribution in [0.5, 0.6) is 23.0 Å². The van der Waals surface area contributed by atoms with Crippen molar-refractivity contribution in [3.63, 3.8) is 0 Å². The van der Waals surface area contributed by atoms with Crippen LogP contribution in [-0.2, 0) is 34.8 Å². The highest BCUT2D eigenvalue weighted by Crippen LogP contribution is 2.38. The third kappa shape index (κ3) is 11.3. The number of rotatable bonds is 14. The van der Waals surface area contributed by atoms with Gasteiger partial charge in [-0.05, 0) is 65.7 Å². The average Bonchev–Trinajstić information content (AvgIpc) is 3.04. The van der Waals surface area contributed by atoms with Crippen molar-refractivity contribution in [1.29, 1.82) is 0 Å². The third-order valence-electron chi connectivity index (χ3n) is 5.59. The number of carbonyl (C=O) groups excluding carboxylic acids is 4. The second-order valence-electron chi connectivity index (χ2n) is 8.90. The molecule has 0 radical (unpaired) electrons. The molecule has 0 aliphatic carbocycles. The summed E-state index contributed by atoms with van der Waals surface area (Å²) in [7, 11) is 0. The summed E-state index contributed by atoms with van der Waals surface area (Å²) in [6, 6.07) is 9.04. The summed E-state index contributed by atoms with van der Waals surface area (Å²) in [5.74, 6) is -7.68. The molecule has 0 N–H and O–H groups in total. The molecule has 0 heterocycles. The monoisotopic (exact) mass is 674 g/mol. The van der Waals surface area contributed by atoms with Crippen molar-refractivity contribution in [2.45, 2.75) is 6.18 Å². The normalized spacial score (nSPS) is 11.1. The number of hydrogen-bond acceptors (Lipinski definition) is 10. The molecule has 3 aromatic rings. The Labute approximate surface area is 268 Å². The molecule has 0 fully saturated rings.